The molecule has 0 aliphatic carbocycles. The van der Waals surface area contributed by atoms with Gasteiger partial charge in [-0.05, 0) is 24.1 Å². The summed E-state index contributed by atoms with van der Waals surface area (Å²) >= 11 is 8.31. The number of anilines is 1. The quantitative estimate of drug-likeness (QED) is 0.828. The topological polar surface area (TPSA) is 63.4 Å². The van der Waals surface area contributed by atoms with E-state index in [-0.39, 0.29) is 16.7 Å². The number of sulfonamides is 1. The number of nitrogens with zero attached hydrogens (tertiary/aromatic N) is 1. The van der Waals surface area contributed by atoms with E-state index < -0.39 is 10.0 Å². The molecule has 1 heterocycles. The van der Waals surface area contributed by atoms with Crippen molar-refractivity contribution in [2.75, 3.05) is 16.6 Å². The van der Waals surface area contributed by atoms with Gasteiger partial charge in [-0.1, -0.05) is 35.1 Å². The van der Waals surface area contributed by atoms with Crippen molar-refractivity contribution in [3.05, 3.63) is 28.2 Å². The summed E-state index contributed by atoms with van der Waals surface area (Å²) in [5.74, 6) is 0.268. The fourth-order valence-corrected chi connectivity index (χ4v) is 4.52. The van der Waals surface area contributed by atoms with Crippen LogP contribution < -0.4 is 10.0 Å². The summed E-state index contributed by atoms with van der Waals surface area (Å²) in [4.78, 5) is 0.201. The largest absolute Gasteiger partial charge is 0.389 e. The lowest BCUT2D eigenvalue weighted by molar-refractivity contribution is 0.598. The minimum Gasteiger partial charge on any atom is -0.389 e. The highest BCUT2D eigenvalue weighted by molar-refractivity contribution is 9.10. The average molecular weight is 349 g/mol. The molecular weight excluding hydrogens is 336 g/mol. The summed E-state index contributed by atoms with van der Waals surface area (Å²) < 4.78 is 26.4. The van der Waals surface area contributed by atoms with Crippen molar-refractivity contribution in [2.45, 2.75) is 6.92 Å². The van der Waals surface area contributed by atoms with Crippen LogP contribution in [0, 0.1) is 5.92 Å². The fraction of sp³-hybridized carbons (Fsp3) is 0.364. The number of hydrogen-bond donors (Lipinski definition) is 1. The molecule has 1 aromatic carbocycles. The van der Waals surface area contributed by atoms with Crippen molar-refractivity contribution >= 4 is 48.8 Å². The lowest BCUT2D eigenvalue weighted by atomic mass is 10.1. The molecular formula is C11H13BrN2O2S2. The molecule has 18 heavy (non-hydrogen) atoms. The number of thiocarbonyl (C=S) groups is 1. The van der Waals surface area contributed by atoms with Gasteiger partial charge in [-0.15, -0.1) is 0 Å². The van der Waals surface area contributed by atoms with Gasteiger partial charge in [0.2, 0.25) is 10.0 Å². The zero-order valence-corrected chi connectivity index (χ0v) is 13.0. The van der Waals surface area contributed by atoms with Gasteiger partial charge in [-0.3, -0.25) is 4.31 Å². The molecule has 1 fully saturated rings. The van der Waals surface area contributed by atoms with Crippen molar-refractivity contribution < 1.29 is 8.42 Å². The van der Waals surface area contributed by atoms with Crippen molar-refractivity contribution in [3.8, 4) is 0 Å². The number of benzene rings is 1. The first kappa shape index (κ1) is 13.8. The minimum absolute atomic E-state index is 0.105. The van der Waals surface area contributed by atoms with E-state index in [1.807, 2.05) is 6.92 Å². The molecule has 1 atom stereocenters. The van der Waals surface area contributed by atoms with Gasteiger partial charge in [0.1, 0.15) is 4.99 Å². The third-order valence-corrected chi connectivity index (χ3v) is 5.52. The summed E-state index contributed by atoms with van der Waals surface area (Å²) in [5, 5.41) is 0. The van der Waals surface area contributed by atoms with Crippen molar-refractivity contribution in [3.63, 3.8) is 0 Å². The predicted molar refractivity (Wildman–Crippen MR) is 80.3 cm³/mol. The van der Waals surface area contributed by atoms with Gasteiger partial charge in [0.05, 0.1) is 11.4 Å². The highest BCUT2D eigenvalue weighted by Crippen LogP contribution is 2.32. The average Bonchev–Trinajstić information content (AvgIpc) is 2.51. The van der Waals surface area contributed by atoms with E-state index in [2.05, 4.69) is 15.9 Å². The Labute approximate surface area is 120 Å². The van der Waals surface area contributed by atoms with E-state index in [4.69, 9.17) is 18.0 Å². The molecule has 1 aliphatic heterocycles. The van der Waals surface area contributed by atoms with E-state index in [1.54, 1.807) is 18.2 Å². The monoisotopic (exact) mass is 348 g/mol. The van der Waals surface area contributed by atoms with Gasteiger partial charge in [0.25, 0.3) is 0 Å². The summed E-state index contributed by atoms with van der Waals surface area (Å²) in [7, 11) is -3.26. The van der Waals surface area contributed by atoms with Crippen LogP contribution >= 0.6 is 28.1 Å². The number of rotatable bonds is 2. The lowest BCUT2D eigenvalue weighted by Gasteiger charge is -2.20. The number of hydrogen-bond acceptors (Lipinski definition) is 3. The second-order valence-corrected chi connectivity index (χ2v) is 7.73. The second kappa shape index (κ2) is 4.79. The van der Waals surface area contributed by atoms with Crippen LogP contribution in [0.5, 0.6) is 0 Å². The molecule has 0 aromatic heterocycles. The Morgan fingerprint density at radius 1 is 1.56 bits per heavy atom. The minimum atomic E-state index is -3.26. The first-order valence-electron chi connectivity index (χ1n) is 5.41. The van der Waals surface area contributed by atoms with Crippen LogP contribution in [0.2, 0.25) is 0 Å². The van der Waals surface area contributed by atoms with Crippen LogP contribution in [0.3, 0.4) is 0 Å². The van der Waals surface area contributed by atoms with Crippen molar-refractivity contribution in [2.24, 2.45) is 11.7 Å². The summed E-state index contributed by atoms with van der Waals surface area (Å²) in [6, 6.07) is 5.27. The standard InChI is InChI=1S/C11H13BrN2O2S2/c1-7-5-14(18(15,16)6-7)10-4-8(12)2-3-9(10)11(13)17/h2-4,7H,5-6H2,1H3,(H2,13,17). The van der Waals surface area contributed by atoms with Crippen LogP contribution in [0.15, 0.2) is 22.7 Å². The Morgan fingerprint density at radius 2 is 2.22 bits per heavy atom. The van der Waals surface area contributed by atoms with Gasteiger partial charge in [-0.25, -0.2) is 8.42 Å². The molecule has 98 valence electrons. The third kappa shape index (κ3) is 2.53. The molecule has 4 nitrogen and oxygen atoms in total. The van der Waals surface area contributed by atoms with E-state index in [1.165, 1.54) is 4.31 Å². The van der Waals surface area contributed by atoms with Crippen LogP contribution in [0.25, 0.3) is 0 Å². The summed E-state index contributed by atoms with van der Waals surface area (Å²) in [5.41, 5.74) is 6.80. The Kier molecular flexibility index (Phi) is 3.66. The van der Waals surface area contributed by atoms with Gasteiger partial charge in [0, 0.05) is 16.6 Å². The van der Waals surface area contributed by atoms with Crippen LogP contribution in [0.4, 0.5) is 5.69 Å². The molecule has 2 N–H and O–H groups in total. The normalized spacial score (nSPS) is 22.1. The van der Waals surface area contributed by atoms with E-state index in [0.717, 1.165) is 4.47 Å². The molecule has 1 unspecified atom stereocenters. The Hall–Kier alpha value is -0.660. The summed E-state index contributed by atoms with van der Waals surface area (Å²) in [6.45, 7) is 2.38. The van der Waals surface area contributed by atoms with E-state index in [9.17, 15) is 8.42 Å². The Bertz CT molecular complexity index is 601. The zero-order valence-electron chi connectivity index (χ0n) is 9.76. The van der Waals surface area contributed by atoms with Crippen molar-refractivity contribution in [1.29, 1.82) is 0 Å². The first-order valence-corrected chi connectivity index (χ1v) is 8.22. The highest BCUT2D eigenvalue weighted by Gasteiger charge is 2.35. The second-order valence-electron chi connectivity index (χ2n) is 4.44. The van der Waals surface area contributed by atoms with Gasteiger partial charge in [-0.2, -0.15) is 0 Å². The molecule has 1 saturated heterocycles. The molecule has 0 bridgehead atoms. The fourth-order valence-electron chi connectivity index (χ4n) is 2.07. The molecule has 0 radical (unpaired) electrons. The first-order chi connectivity index (χ1) is 8.31. The van der Waals surface area contributed by atoms with Crippen LogP contribution in [-0.4, -0.2) is 25.7 Å². The molecule has 2 rings (SSSR count). The third-order valence-electron chi connectivity index (χ3n) is 2.80. The lowest BCUT2D eigenvalue weighted by Crippen LogP contribution is -2.28. The number of nitrogens with two attached hydrogens (primary N) is 1. The molecule has 7 heteroatoms. The SMILES string of the molecule is CC1CN(c2cc(Br)ccc2C(N)=S)S(=O)(=O)C1. The maximum absolute atomic E-state index is 12.1. The Balaban J connectivity index is 2.57. The molecule has 1 aromatic rings. The zero-order chi connectivity index (χ0) is 13.5. The molecule has 0 spiro atoms. The molecule has 0 saturated carbocycles. The van der Waals surface area contributed by atoms with Gasteiger partial charge < -0.3 is 5.73 Å². The maximum atomic E-state index is 12.1. The van der Waals surface area contributed by atoms with Gasteiger partial charge in [0.15, 0.2) is 0 Å². The maximum Gasteiger partial charge on any atom is 0.235 e. The highest BCUT2D eigenvalue weighted by atomic mass is 79.9. The molecule has 0 amide bonds. The van der Waals surface area contributed by atoms with Crippen LogP contribution in [0.1, 0.15) is 12.5 Å². The molecule has 1 aliphatic rings. The number of halogens is 1. The van der Waals surface area contributed by atoms with Crippen LogP contribution in [-0.2, 0) is 10.0 Å². The predicted octanol–water partition coefficient (Wildman–Crippen LogP) is 1.87. The van der Waals surface area contributed by atoms with Crippen molar-refractivity contribution in [1.82, 2.24) is 0 Å². The summed E-state index contributed by atoms with van der Waals surface area (Å²) in [6.07, 6.45) is 0. The Morgan fingerprint density at radius 3 is 2.72 bits per heavy atom. The van der Waals surface area contributed by atoms with Gasteiger partial charge >= 0.3 is 0 Å². The smallest absolute Gasteiger partial charge is 0.235 e. The van der Waals surface area contributed by atoms with E-state index >= 15 is 0 Å². The van der Waals surface area contributed by atoms with E-state index in [0.29, 0.717) is 17.8 Å².